The first-order chi connectivity index (χ1) is 17.2. The second kappa shape index (κ2) is 8.07. The molecule has 1 fully saturated rings. The van der Waals surface area contributed by atoms with E-state index in [9.17, 15) is 18.0 Å². The Bertz CT molecular complexity index is 1470. The van der Waals surface area contributed by atoms with Crippen LogP contribution >= 0.6 is 0 Å². The third-order valence-electron chi connectivity index (χ3n) is 7.23. The second-order valence-electron chi connectivity index (χ2n) is 9.30. The molecule has 2 aliphatic rings. The normalized spacial score (nSPS) is 18.9. The molecule has 0 radical (unpaired) electrons. The summed E-state index contributed by atoms with van der Waals surface area (Å²) in [6, 6.07) is 9.24. The fourth-order valence-corrected chi connectivity index (χ4v) is 5.33. The highest BCUT2D eigenvalue weighted by atomic mass is 19.4. The second-order valence-corrected chi connectivity index (χ2v) is 9.30. The highest BCUT2D eigenvalue weighted by Gasteiger charge is 2.44. The number of aromatic nitrogens is 4. The molecular formula is C25H22F4N6O. The Balaban J connectivity index is 1.36. The van der Waals surface area contributed by atoms with Gasteiger partial charge in [-0.1, -0.05) is 6.07 Å². The first-order valence-electron chi connectivity index (χ1n) is 11.6. The van der Waals surface area contributed by atoms with Crippen molar-refractivity contribution in [2.24, 2.45) is 5.92 Å². The van der Waals surface area contributed by atoms with E-state index >= 15 is 4.39 Å². The van der Waals surface area contributed by atoms with Crippen LogP contribution in [0.2, 0.25) is 0 Å². The third kappa shape index (κ3) is 3.52. The molecule has 1 amide bonds. The first kappa shape index (κ1) is 22.6. The molecule has 1 unspecified atom stereocenters. The maximum absolute atomic E-state index is 15.7. The molecule has 1 saturated heterocycles. The first-order valence-corrected chi connectivity index (χ1v) is 11.6. The summed E-state index contributed by atoms with van der Waals surface area (Å²) >= 11 is 0. The zero-order valence-electron chi connectivity index (χ0n) is 19.2. The third-order valence-corrected chi connectivity index (χ3v) is 7.23. The van der Waals surface area contributed by atoms with Crippen LogP contribution in [0.4, 0.5) is 28.9 Å². The molecule has 2 aliphatic heterocycles. The van der Waals surface area contributed by atoms with Crippen molar-refractivity contribution in [3.05, 3.63) is 71.1 Å². The summed E-state index contributed by atoms with van der Waals surface area (Å²) in [5, 5.41) is 7.00. The zero-order valence-corrected chi connectivity index (χ0v) is 19.2. The number of nitrogens with one attached hydrogen (secondary N) is 2. The highest BCUT2D eigenvalue weighted by Crippen LogP contribution is 2.44. The number of benzene rings is 2. The zero-order chi connectivity index (χ0) is 25.2. The number of piperidine rings is 1. The van der Waals surface area contributed by atoms with Crippen molar-refractivity contribution >= 4 is 28.3 Å². The highest BCUT2D eigenvalue weighted by molar-refractivity contribution is 6.11. The van der Waals surface area contributed by atoms with Crippen LogP contribution in [0.5, 0.6) is 0 Å². The molecule has 4 heterocycles. The molecule has 7 nitrogen and oxygen atoms in total. The quantitative estimate of drug-likeness (QED) is 0.378. The SMILES string of the molecule is Cc1[nH]nc2c1C(c1ccc(N3CCC(C(F)(F)F)CC3)cc1F)N(c1ccc3nc[nH]c3c1)C2=O. The number of rotatable bonds is 3. The summed E-state index contributed by atoms with van der Waals surface area (Å²) in [5.74, 6) is -2.22. The monoisotopic (exact) mass is 498 g/mol. The summed E-state index contributed by atoms with van der Waals surface area (Å²) < 4.78 is 54.8. The molecule has 1 atom stereocenters. The van der Waals surface area contributed by atoms with Crippen LogP contribution in [0.15, 0.2) is 42.7 Å². The number of imidazole rings is 1. The Morgan fingerprint density at radius 3 is 2.53 bits per heavy atom. The fourth-order valence-electron chi connectivity index (χ4n) is 5.33. The standard InChI is InChI=1S/C25H22F4N6O/c1-13-21-22(33-32-13)24(36)35(16-3-5-19-20(11-16)31-12-30-19)23(21)17-4-2-15(10-18(17)26)34-8-6-14(7-9-34)25(27,28)29/h2-5,10-12,14,23H,6-9H2,1H3,(H,30,31)(H,32,33). The van der Waals surface area contributed by atoms with E-state index in [1.54, 1.807) is 48.5 Å². The van der Waals surface area contributed by atoms with Gasteiger partial charge in [0.05, 0.1) is 29.3 Å². The molecule has 0 bridgehead atoms. The lowest BCUT2D eigenvalue weighted by Gasteiger charge is -2.34. The summed E-state index contributed by atoms with van der Waals surface area (Å²) in [4.78, 5) is 23.9. The molecule has 2 aromatic heterocycles. The van der Waals surface area contributed by atoms with Crippen molar-refractivity contribution in [3.63, 3.8) is 0 Å². The number of hydrogen-bond acceptors (Lipinski definition) is 4. The number of nitrogens with zero attached hydrogens (tertiary/aromatic N) is 4. The Hall–Kier alpha value is -3.89. The van der Waals surface area contributed by atoms with E-state index in [1.165, 1.54) is 11.0 Å². The number of fused-ring (bicyclic) bond motifs is 2. The molecular weight excluding hydrogens is 476 g/mol. The van der Waals surface area contributed by atoms with Crippen LogP contribution in [0, 0.1) is 18.7 Å². The van der Waals surface area contributed by atoms with Gasteiger partial charge in [0.2, 0.25) is 0 Å². The molecule has 11 heteroatoms. The number of amides is 1. The topological polar surface area (TPSA) is 80.9 Å². The Labute approximate surface area is 203 Å². The van der Waals surface area contributed by atoms with E-state index in [0.29, 0.717) is 22.6 Å². The van der Waals surface area contributed by atoms with Crippen molar-refractivity contribution in [2.45, 2.75) is 32.0 Å². The van der Waals surface area contributed by atoms with Crippen LogP contribution in [0.3, 0.4) is 0 Å². The van der Waals surface area contributed by atoms with Gasteiger partial charge in [-0.25, -0.2) is 9.37 Å². The summed E-state index contributed by atoms with van der Waals surface area (Å²) in [6.45, 7) is 2.18. The van der Waals surface area contributed by atoms with Gasteiger partial charge in [-0.2, -0.15) is 18.3 Å². The Morgan fingerprint density at radius 2 is 1.81 bits per heavy atom. The molecule has 36 heavy (non-hydrogen) atoms. The van der Waals surface area contributed by atoms with Gasteiger partial charge in [-0.15, -0.1) is 0 Å². The van der Waals surface area contributed by atoms with Gasteiger partial charge in [-0.3, -0.25) is 14.8 Å². The van der Waals surface area contributed by atoms with Crippen LogP contribution in [-0.4, -0.2) is 45.3 Å². The van der Waals surface area contributed by atoms with Crippen LogP contribution in [0.25, 0.3) is 11.0 Å². The van der Waals surface area contributed by atoms with E-state index in [0.717, 1.165) is 11.0 Å². The predicted molar refractivity (Wildman–Crippen MR) is 125 cm³/mol. The van der Waals surface area contributed by atoms with Gasteiger partial charge in [-0.05, 0) is 50.1 Å². The van der Waals surface area contributed by atoms with E-state index in [2.05, 4.69) is 20.2 Å². The minimum atomic E-state index is -4.21. The maximum Gasteiger partial charge on any atom is 0.391 e. The van der Waals surface area contributed by atoms with Crippen LogP contribution in [0.1, 0.15) is 46.2 Å². The lowest BCUT2D eigenvalue weighted by molar-refractivity contribution is -0.179. The summed E-state index contributed by atoms with van der Waals surface area (Å²) in [7, 11) is 0. The van der Waals surface area contributed by atoms with Gasteiger partial charge in [0.25, 0.3) is 5.91 Å². The number of halogens is 4. The number of H-pyrrole nitrogens is 2. The van der Waals surface area contributed by atoms with Gasteiger partial charge >= 0.3 is 6.18 Å². The van der Waals surface area contributed by atoms with Crippen molar-refractivity contribution in [1.82, 2.24) is 20.2 Å². The minimum absolute atomic E-state index is 0.0224. The molecule has 2 aromatic carbocycles. The van der Waals surface area contributed by atoms with Crippen molar-refractivity contribution < 1.29 is 22.4 Å². The smallest absolute Gasteiger partial charge is 0.371 e. The maximum atomic E-state index is 15.7. The fraction of sp³-hybridized carbons (Fsp3) is 0.320. The molecule has 0 spiro atoms. The average molecular weight is 498 g/mol. The number of anilines is 2. The number of aryl methyl sites for hydroxylation is 1. The molecule has 0 aliphatic carbocycles. The van der Waals surface area contributed by atoms with Crippen LogP contribution < -0.4 is 9.80 Å². The van der Waals surface area contributed by atoms with Crippen molar-refractivity contribution in [1.29, 1.82) is 0 Å². The molecule has 0 saturated carbocycles. The molecule has 2 N–H and O–H groups in total. The number of aromatic amines is 2. The Morgan fingerprint density at radius 1 is 1.06 bits per heavy atom. The van der Waals surface area contributed by atoms with E-state index < -0.39 is 24.0 Å². The van der Waals surface area contributed by atoms with Crippen molar-refractivity contribution in [3.8, 4) is 0 Å². The summed E-state index contributed by atoms with van der Waals surface area (Å²) in [5.41, 5.74) is 4.34. The lowest BCUT2D eigenvalue weighted by atomic mass is 9.95. The van der Waals surface area contributed by atoms with E-state index in [-0.39, 0.29) is 43.1 Å². The lowest BCUT2D eigenvalue weighted by Crippen LogP contribution is -2.39. The van der Waals surface area contributed by atoms with Crippen molar-refractivity contribution in [2.75, 3.05) is 22.9 Å². The predicted octanol–water partition coefficient (Wildman–Crippen LogP) is 5.26. The Kier molecular flexibility index (Phi) is 5.06. The minimum Gasteiger partial charge on any atom is -0.371 e. The average Bonchev–Trinajstić information content (AvgIpc) is 3.54. The van der Waals surface area contributed by atoms with Gasteiger partial charge in [0.1, 0.15) is 5.82 Å². The molecule has 4 aromatic rings. The number of carbonyl (C=O) groups excluding carboxylic acids is 1. The molecule has 186 valence electrons. The summed E-state index contributed by atoms with van der Waals surface area (Å²) in [6.07, 6.45) is -2.70. The van der Waals surface area contributed by atoms with Gasteiger partial charge < -0.3 is 9.88 Å². The van der Waals surface area contributed by atoms with E-state index in [4.69, 9.17) is 0 Å². The van der Waals surface area contributed by atoms with Gasteiger partial charge in [0.15, 0.2) is 5.69 Å². The largest absolute Gasteiger partial charge is 0.391 e. The number of carbonyl (C=O) groups is 1. The van der Waals surface area contributed by atoms with Gasteiger partial charge in [0, 0.05) is 41.3 Å². The van der Waals surface area contributed by atoms with E-state index in [1.807, 2.05) is 0 Å². The number of hydrogen-bond donors (Lipinski definition) is 2. The number of alkyl halides is 3. The molecule has 6 rings (SSSR count). The van der Waals surface area contributed by atoms with Crippen LogP contribution in [-0.2, 0) is 0 Å².